The Morgan fingerprint density at radius 3 is 2.79 bits per heavy atom. The SMILES string of the molecule is Nc1cc(Br)cc(CSC2COC2)c1. The van der Waals surface area contributed by atoms with Gasteiger partial charge in [-0.1, -0.05) is 15.9 Å². The van der Waals surface area contributed by atoms with E-state index >= 15 is 0 Å². The van der Waals surface area contributed by atoms with Crippen molar-refractivity contribution in [2.24, 2.45) is 0 Å². The summed E-state index contributed by atoms with van der Waals surface area (Å²) in [6.07, 6.45) is 0. The van der Waals surface area contributed by atoms with E-state index in [1.54, 1.807) is 0 Å². The van der Waals surface area contributed by atoms with Gasteiger partial charge in [-0.15, -0.1) is 11.8 Å². The zero-order valence-corrected chi connectivity index (χ0v) is 10.1. The summed E-state index contributed by atoms with van der Waals surface area (Å²) < 4.78 is 6.17. The second kappa shape index (κ2) is 4.55. The first-order chi connectivity index (χ1) is 6.74. The highest BCUT2D eigenvalue weighted by molar-refractivity contribution is 9.10. The van der Waals surface area contributed by atoms with Crippen LogP contribution >= 0.6 is 27.7 Å². The molecule has 0 amide bonds. The Hall–Kier alpha value is -0.190. The zero-order chi connectivity index (χ0) is 9.97. The van der Waals surface area contributed by atoms with Gasteiger partial charge in [-0.05, 0) is 23.8 Å². The minimum absolute atomic E-state index is 0.676. The molecule has 1 heterocycles. The topological polar surface area (TPSA) is 35.2 Å². The van der Waals surface area contributed by atoms with Crippen LogP contribution in [0.2, 0.25) is 0 Å². The average molecular weight is 274 g/mol. The van der Waals surface area contributed by atoms with Gasteiger partial charge in [-0.3, -0.25) is 0 Å². The number of hydrogen-bond donors (Lipinski definition) is 1. The number of thioether (sulfide) groups is 1. The summed E-state index contributed by atoms with van der Waals surface area (Å²) in [5.41, 5.74) is 7.84. The van der Waals surface area contributed by atoms with Crippen LogP contribution in [-0.2, 0) is 10.5 Å². The predicted molar refractivity (Wildman–Crippen MR) is 64.5 cm³/mol. The van der Waals surface area contributed by atoms with Gasteiger partial charge < -0.3 is 10.5 Å². The molecule has 4 heteroatoms. The molecular weight excluding hydrogens is 262 g/mol. The van der Waals surface area contributed by atoms with Crippen molar-refractivity contribution < 1.29 is 4.74 Å². The summed E-state index contributed by atoms with van der Waals surface area (Å²) in [7, 11) is 0. The third kappa shape index (κ3) is 2.65. The number of hydrogen-bond acceptors (Lipinski definition) is 3. The first kappa shape index (κ1) is 10.3. The largest absolute Gasteiger partial charge is 0.399 e. The van der Waals surface area contributed by atoms with E-state index in [0.717, 1.165) is 29.1 Å². The first-order valence-corrected chi connectivity index (χ1v) is 6.32. The molecule has 2 N–H and O–H groups in total. The maximum atomic E-state index is 5.75. The fourth-order valence-electron chi connectivity index (χ4n) is 1.28. The molecule has 14 heavy (non-hydrogen) atoms. The second-order valence-electron chi connectivity index (χ2n) is 3.36. The van der Waals surface area contributed by atoms with Crippen molar-refractivity contribution in [1.82, 2.24) is 0 Å². The number of nitrogen functional groups attached to an aromatic ring is 1. The van der Waals surface area contributed by atoms with Crippen LogP contribution in [0.3, 0.4) is 0 Å². The Balaban J connectivity index is 1.94. The summed E-state index contributed by atoms with van der Waals surface area (Å²) in [5, 5.41) is 0.676. The molecule has 0 spiro atoms. The fourth-order valence-corrected chi connectivity index (χ4v) is 2.82. The summed E-state index contributed by atoms with van der Waals surface area (Å²) in [4.78, 5) is 0. The summed E-state index contributed by atoms with van der Waals surface area (Å²) >= 11 is 5.37. The molecule has 1 aromatic rings. The molecule has 0 unspecified atom stereocenters. The van der Waals surface area contributed by atoms with Gasteiger partial charge in [0.15, 0.2) is 0 Å². The van der Waals surface area contributed by atoms with Crippen LogP contribution in [-0.4, -0.2) is 18.5 Å². The van der Waals surface area contributed by atoms with Crippen LogP contribution < -0.4 is 5.73 Å². The normalized spacial score (nSPS) is 16.6. The van der Waals surface area contributed by atoms with Crippen LogP contribution in [0.15, 0.2) is 22.7 Å². The van der Waals surface area contributed by atoms with Gasteiger partial charge in [-0.25, -0.2) is 0 Å². The molecule has 0 aliphatic carbocycles. The second-order valence-corrected chi connectivity index (χ2v) is 5.57. The van der Waals surface area contributed by atoms with E-state index in [-0.39, 0.29) is 0 Å². The van der Waals surface area contributed by atoms with Crippen molar-refractivity contribution in [3.8, 4) is 0 Å². The molecule has 0 saturated carbocycles. The van der Waals surface area contributed by atoms with Crippen LogP contribution in [0.5, 0.6) is 0 Å². The summed E-state index contributed by atoms with van der Waals surface area (Å²) in [6.45, 7) is 1.79. The van der Waals surface area contributed by atoms with Crippen molar-refractivity contribution in [2.45, 2.75) is 11.0 Å². The lowest BCUT2D eigenvalue weighted by Crippen LogP contribution is -2.30. The lowest BCUT2D eigenvalue weighted by atomic mass is 10.2. The molecule has 0 radical (unpaired) electrons. The Labute approximate surface area is 96.3 Å². The maximum Gasteiger partial charge on any atom is 0.0608 e. The van der Waals surface area contributed by atoms with Gasteiger partial charge in [0, 0.05) is 15.9 Å². The van der Waals surface area contributed by atoms with Gasteiger partial charge in [0.05, 0.1) is 18.5 Å². The van der Waals surface area contributed by atoms with Crippen LogP contribution in [0.4, 0.5) is 5.69 Å². The first-order valence-electron chi connectivity index (χ1n) is 4.48. The lowest BCUT2D eigenvalue weighted by Gasteiger charge is -2.25. The van der Waals surface area contributed by atoms with E-state index in [1.807, 2.05) is 23.9 Å². The third-order valence-corrected chi connectivity index (χ3v) is 3.77. The Morgan fingerprint density at radius 1 is 1.43 bits per heavy atom. The van der Waals surface area contributed by atoms with E-state index in [2.05, 4.69) is 22.0 Å². The van der Waals surface area contributed by atoms with Crippen LogP contribution in [0.25, 0.3) is 0 Å². The number of benzene rings is 1. The third-order valence-electron chi connectivity index (χ3n) is 2.07. The van der Waals surface area contributed by atoms with E-state index in [1.165, 1.54) is 5.56 Å². The number of halogens is 1. The van der Waals surface area contributed by atoms with Gasteiger partial charge in [0.25, 0.3) is 0 Å². The standard InChI is InChI=1S/C10H12BrNOS/c11-8-1-7(2-9(12)3-8)6-14-10-4-13-5-10/h1-3,10H,4-6,12H2. The van der Waals surface area contributed by atoms with Crippen molar-refractivity contribution in [3.63, 3.8) is 0 Å². The molecule has 0 aromatic heterocycles. The van der Waals surface area contributed by atoms with Crippen molar-refractivity contribution >= 4 is 33.4 Å². The van der Waals surface area contributed by atoms with E-state index in [9.17, 15) is 0 Å². The molecule has 76 valence electrons. The predicted octanol–water partition coefficient (Wildman–Crippen LogP) is 2.66. The molecule has 1 aromatic carbocycles. The Bertz CT molecular complexity index is 308. The Morgan fingerprint density at radius 2 is 2.21 bits per heavy atom. The quantitative estimate of drug-likeness (QED) is 0.861. The number of rotatable bonds is 3. The van der Waals surface area contributed by atoms with E-state index < -0.39 is 0 Å². The van der Waals surface area contributed by atoms with Crippen molar-refractivity contribution in [2.75, 3.05) is 18.9 Å². The Kier molecular flexibility index (Phi) is 3.36. The maximum absolute atomic E-state index is 5.75. The fraction of sp³-hybridized carbons (Fsp3) is 0.400. The number of ether oxygens (including phenoxy) is 1. The molecule has 0 atom stereocenters. The van der Waals surface area contributed by atoms with Gasteiger partial charge in [0.2, 0.25) is 0 Å². The van der Waals surface area contributed by atoms with Gasteiger partial charge in [0.1, 0.15) is 0 Å². The highest BCUT2D eigenvalue weighted by Crippen LogP contribution is 2.26. The zero-order valence-electron chi connectivity index (χ0n) is 7.70. The van der Waals surface area contributed by atoms with Gasteiger partial charge in [-0.2, -0.15) is 0 Å². The smallest absolute Gasteiger partial charge is 0.0608 e. The highest BCUT2D eigenvalue weighted by Gasteiger charge is 2.18. The average Bonchev–Trinajstić information content (AvgIpc) is 1.99. The van der Waals surface area contributed by atoms with E-state index in [4.69, 9.17) is 10.5 Å². The molecular formula is C10H12BrNOS. The lowest BCUT2D eigenvalue weighted by molar-refractivity contribution is 0.0455. The molecule has 2 nitrogen and oxygen atoms in total. The molecule has 0 bridgehead atoms. The molecule has 1 aliphatic rings. The highest BCUT2D eigenvalue weighted by atomic mass is 79.9. The minimum Gasteiger partial charge on any atom is -0.399 e. The number of anilines is 1. The molecule has 1 saturated heterocycles. The molecule has 1 aliphatic heterocycles. The summed E-state index contributed by atoms with van der Waals surface area (Å²) in [5.74, 6) is 1.01. The molecule has 2 rings (SSSR count). The van der Waals surface area contributed by atoms with Crippen LogP contribution in [0.1, 0.15) is 5.56 Å². The summed E-state index contributed by atoms with van der Waals surface area (Å²) in [6, 6.07) is 6.06. The number of nitrogens with two attached hydrogens (primary N) is 1. The van der Waals surface area contributed by atoms with Crippen LogP contribution in [0, 0.1) is 0 Å². The van der Waals surface area contributed by atoms with Crippen molar-refractivity contribution in [3.05, 3.63) is 28.2 Å². The van der Waals surface area contributed by atoms with Crippen molar-refractivity contribution in [1.29, 1.82) is 0 Å². The monoisotopic (exact) mass is 273 g/mol. The van der Waals surface area contributed by atoms with Gasteiger partial charge >= 0.3 is 0 Å². The van der Waals surface area contributed by atoms with E-state index in [0.29, 0.717) is 5.25 Å². The molecule has 1 fully saturated rings. The minimum atomic E-state index is 0.676.